The molecule has 1 aromatic carbocycles. The molecule has 160 valence electrons. The van der Waals surface area contributed by atoms with Gasteiger partial charge in [-0.25, -0.2) is 4.68 Å². The molecule has 30 heavy (non-hydrogen) atoms. The first-order valence-corrected chi connectivity index (χ1v) is 10.7. The number of nitrogens with two attached hydrogens (primary N) is 1. The molecule has 0 spiro atoms. The number of benzene rings is 1. The van der Waals surface area contributed by atoms with Crippen molar-refractivity contribution in [2.24, 2.45) is 11.1 Å². The van der Waals surface area contributed by atoms with E-state index >= 15 is 0 Å². The lowest BCUT2D eigenvalue weighted by Gasteiger charge is -2.29. The number of aromatic nitrogens is 2. The van der Waals surface area contributed by atoms with Crippen LogP contribution in [0, 0.1) is 5.41 Å². The standard InChI is InChI=1S/C23H30N4O3/c1-4-15-21-18(11-23(2,3)12-20(21)29)27(26-15)13-8-9-14(22(24)30)17(10-13)25-16-6-5-7-19(16)28/h8-10,16,19,25,28H,4-7,11-12H2,1-3H3,(H2,24,30)/t16-,19-/m0/s1. The smallest absolute Gasteiger partial charge is 0.250 e. The number of aliphatic hydroxyl groups excluding tert-OH is 1. The molecule has 1 saturated carbocycles. The van der Waals surface area contributed by atoms with Crippen LogP contribution in [0.25, 0.3) is 5.69 Å². The van der Waals surface area contributed by atoms with Gasteiger partial charge in [-0.15, -0.1) is 0 Å². The number of aliphatic hydroxyl groups is 1. The second-order valence-corrected chi connectivity index (χ2v) is 9.32. The summed E-state index contributed by atoms with van der Waals surface area (Å²) in [6.07, 6.45) is 4.02. The Kier molecular flexibility index (Phi) is 5.18. The molecular weight excluding hydrogens is 380 g/mol. The van der Waals surface area contributed by atoms with Crippen molar-refractivity contribution in [3.05, 3.63) is 40.7 Å². The monoisotopic (exact) mass is 410 g/mol. The van der Waals surface area contributed by atoms with E-state index in [0.717, 1.165) is 48.3 Å². The molecular formula is C23H30N4O3. The number of hydrogen-bond donors (Lipinski definition) is 3. The Hall–Kier alpha value is -2.67. The van der Waals surface area contributed by atoms with Crippen molar-refractivity contribution >= 4 is 17.4 Å². The zero-order chi connectivity index (χ0) is 21.6. The minimum Gasteiger partial charge on any atom is -0.391 e. The Morgan fingerprint density at radius 1 is 1.33 bits per heavy atom. The van der Waals surface area contributed by atoms with E-state index in [1.165, 1.54) is 0 Å². The lowest BCUT2D eigenvalue weighted by atomic mass is 9.75. The largest absolute Gasteiger partial charge is 0.391 e. The minimum atomic E-state index is -0.524. The molecule has 1 aromatic heterocycles. The molecule has 4 rings (SSSR count). The summed E-state index contributed by atoms with van der Waals surface area (Å²) in [5.41, 5.74) is 9.69. The number of nitrogens with one attached hydrogen (secondary N) is 1. The van der Waals surface area contributed by atoms with Gasteiger partial charge in [0.25, 0.3) is 5.91 Å². The number of amides is 1. The van der Waals surface area contributed by atoms with Gasteiger partial charge in [0.05, 0.1) is 40.3 Å². The third-order valence-electron chi connectivity index (χ3n) is 6.29. The number of fused-ring (bicyclic) bond motifs is 1. The van der Waals surface area contributed by atoms with E-state index in [4.69, 9.17) is 10.8 Å². The maximum Gasteiger partial charge on any atom is 0.250 e. The van der Waals surface area contributed by atoms with Crippen LogP contribution in [-0.2, 0) is 12.8 Å². The highest BCUT2D eigenvalue weighted by atomic mass is 16.3. The van der Waals surface area contributed by atoms with E-state index in [2.05, 4.69) is 19.2 Å². The van der Waals surface area contributed by atoms with Crippen molar-refractivity contribution in [3.63, 3.8) is 0 Å². The molecule has 7 heteroatoms. The van der Waals surface area contributed by atoms with Crippen molar-refractivity contribution in [1.82, 2.24) is 9.78 Å². The Bertz CT molecular complexity index is 1010. The SMILES string of the molecule is CCc1nn(-c2ccc(C(N)=O)c(N[C@H]3CCC[C@@H]3O)c2)c2c1C(=O)CC(C)(C)C2. The molecule has 1 amide bonds. The normalized spacial score (nSPS) is 22.7. The van der Waals surface area contributed by atoms with Gasteiger partial charge in [-0.1, -0.05) is 20.8 Å². The first-order chi connectivity index (χ1) is 14.2. The average molecular weight is 411 g/mol. The van der Waals surface area contributed by atoms with Crippen LogP contribution < -0.4 is 11.1 Å². The average Bonchev–Trinajstić information content (AvgIpc) is 3.24. The fourth-order valence-electron chi connectivity index (χ4n) is 4.80. The molecule has 4 N–H and O–H groups in total. The lowest BCUT2D eigenvalue weighted by molar-refractivity contribution is 0.0909. The van der Waals surface area contributed by atoms with Gasteiger partial charge in [-0.2, -0.15) is 5.10 Å². The minimum absolute atomic E-state index is 0.114. The molecule has 1 heterocycles. The zero-order valence-corrected chi connectivity index (χ0v) is 17.9. The first-order valence-electron chi connectivity index (χ1n) is 10.7. The number of aryl methyl sites for hydroxylation is 1. The van der Waals surface area contributed by atoms with Crippen LogP contribution in [0.5, 0.6) is 0 Å². The molecule has 0 unspecified atom stereocenters. The predicted molar refractivity (Wildman–Crippen MR) is 115 cm³/mol. The summed E-state index contributed by atoms with van der Waals surface area (Å²) in [7, 11) is 0. The van der Waals surface area contributed by atoms with Crippen molar-refractivity contribution < 1.29 is 14.7 Å². The number of nitrogens with zero attached hydrogens (tertiary/aromatic N) is 2. The van der Waals surface area contributed by atoms with Gasteiger partial charge in [-0.05, 0) is 55.7 Å². The Balaban J connectivity index is 1.80. The predicted octanol–water partition coefficient (Wildman–Crippen LogP) is 3.01. The zero-order valence-electron chi connectivity index (χ0n) is 17.9. The van der Waals surface area contributed by atoms with E-state index in [1.807, 2.05) is 23.7 Å². The van der Waals surface area contributed by atoms with Crippen molar-refractivity contribution in [3.8, 4) is 5.69 Å². The van der Waals surface area contributed by atoms with Crippen molar-refractivity contribution in [2.75, 3.05) is 5.32 Å². The highest BCUT2D eigenvalue weighted by Crippen LogP contribution is 2.38. The third kappa shape index (κ3) is 3.62. The summed E-state index contributed by atoms with van der Waals surface area (Å²) in [5.74, 6) is -0.380. The summed E-state index contributed by atoms with van der Waals surface area (Å²) >= 11 is 0. The number of rotatable bonds is 5. The summed E-state index contributed by atoms with van der Waals surface area (Å²) in [6.45, 7) is 6.20. The Labute approximate surface area is 176 Å². The van der Waals surface area contributed by atoms with Crippen molar-refractivity contribution in [1.29, 1.82) is 0 Å². The van der Waals surface area contributed by atoms with Crippen LogP contribution >= 0.6 is 0 Å². The molecule has 1 fully saturated rings. The van der Waals surface area contributed by atoms with E-state index in [-0.39, 0.29) is 17.2 Å². The fraction of sp³-hybridized carbons (Fsp3) is 0.522. The molecule has 2 aliphatic rings. The molecule has 0 radical (unpaired) electrons. The Morgan fingerprint density at radius 3 is 2.73 bits per heavy atom. The first kappa shape index (κ1) is 20.6. The van der Waals surface area contributed by atoms with E-state index in [1.54, 1.807) is 6.07 Å². The summed E-state index contributed by atoms with van der Waals surface area (Å²) < 4.78 is 1.84. The summed E-state index contributed by atoms with van der Waals surface area (Å²) in [5, 5.41) is 18.3. The van der Waals surface area contributed by atoms with Gasteiger partial charge < -0.3 is 16.2 Å². The van der Waals surface area contributed by atoms with Crippen LogP contribution in [0.2, 0.25) is 0 Å². The van der Waals surface area contributed by atoms with Gasteiger partial charge in [0.1, 0.15) is 0 Å². The maximum atomic E-state index is 12.8. The van der Waals surface area contributed by atoms with Crippen LogP contribution in [0.3, 0.4) is 0 Å². The highest BCUT2D eigenvalue weighted by molar-refractivity contribution is 6.00. The number of carbonyl (C=O) groups excluding carboxylic acids is 2. The number of primary amides is 1. The van der Waals surface area contributed by atoms with Crippen LogP contribution in [0.1, 0.15) is 78.6 Å². The molecule has 7 nitrogen and oxygen atoms in total. The summed E-state index contributed by atoms with van der Waals surface area (Å²) in [6, 6.07) is 5.24. The second-order valence-electron chi connectivity index (χ2n) is 9.32. The number of anilines is 1. The molecule has 2 atom stereocenters. The second kappa shape index (κ2) is 7.54. The number of Topliss-reactive ketones (excluding diaryl/α,β-unsaturated/α-hetero) is 1. The van der Waals surface area contributed by atoms with E-state index in [9.17, 15) is 14.7 Å². The molecule has 2 aromatic rings. The van der Waals surface area contributed by atoms with E-state index in [0.29, 0.717) is 24.1 Å². The molecule has 2 aliphatic carbocycles. The molecule has 0 bridgehead atoms. The lowest BCUT2D eigenvalue weighted by Crippen LogP contribution is -2.29. The van der Waals surface area contributed by atoms with Gasteiger partial charge in [0, 0.05) is 12.1 Å². The maximum absolute atomic E-state index is 12.8. The number of hydrogen-bond acceptors (Lipinski definition) is 5. The molecule has 0 aliphatic heterocycles. The fourth-order valence-corrected chi connectivity index (χ4v) is 4.80. The van der Waals surface area contributed by atoms with E-state index < -0.39 is 12.0 Å². The Morgan fingerprint density at radius 2 is 2.10 bits per heavy atom. The van der Waals surface area contributed by atoms with Crippen molar-refractivity contribution in [2.45, 2.75) is 71.4 Å². The number of ketones is 1. The molecule has 0 saturated heterocycles. The van der Waals surface area contributed by atoms with Crippen LogP contribution in [0.15, 0.2) is 18.2 Å². The van der Waals surface area contributed by atoms with Gasteiger partial charge in [0.2, 0.25) is 0 Å². The van der Waals surface area contributed by atoms with Gasteiger partial charge >= 0.3 is 0 Å². The van der Waals surface area contributed by atoms with Crippen LogP contribution in [-0.4, -0.2) is 38.7 Å². The van der Waals surface area contributed by atoms with Gasteiger partial charge in [0.15, 0.2) is 5.78 Å². The third-order valence-corrected chi connectivity index (χ3v) is 6.29. The summed E-state index contributed by atoms with van der Waals surface area (Å²) in [4.78, 5) is 24.8. The number of carbonyl (C=O) groups is 2. The van der Waals surface area contributed by atoms with Gasteiger partial charge in [-0.3, -0.25) is 9.59 Å². The highest BCUT2D eigenvalue weighted by Gasteiger charge is 2.36. The quantitative estimate of drug-likeness (QED) is 0.702. The topological polar surface area (TPSA) is 110 Å². The van der Waals surface area contributed by atoms with Crippen LogP contribution in [0.4, 0.5) is 5.69 Å².